The fraction of sp³-hybridized carbons (Fsp3) is 0.615. The van der Waals surface area contributed by atoms with Crippen molar-refractivity contribution in [2.24, 2.45) is 0 Å². The van der Waals surface area contributed by atoms with Gasteiger partial charge in [0, 0.05) is 13.0 Å². The summed E-state index contributed by atoms with van der Waals surface area (Å²) in [5, 5.41) is 11.2. The summed E-state index contributed by atoms with van der Waals surface area (Å²) in [5.41, 5.74) is 0. The predicted molar refractivity (Wildman–Crippen MR) is 71.8 cm³/mol. The van der Waals surface area contributed by atoms with Crippen molar-refractivity contribution in [3.05, 3.63) is 0 Å². The van der Waals surface area contributed by atoms with Crippen LogP contribution in [0, 0.1) is 12.3 Å². The van der Waals surface area contributed by atoms with Gasteiger partial charge >= 0.3 is 11.9 Å². The molecule has 0 spiro atoms. The van der Waals surface area contributed by atoms with Crippen LogP contribution in [0.1, 0.15) is 19.8 Å². The van der Waals surface area contributed by atoms with E-state index in [1.165, 1.54) is 4.90 Å². The number of nitrogens with zero attached hydrogens (tertiary/aromatic N) is 1. The Labute approximate surface area is 118 Å². The number of amides is 1. The van der Waals surface area contributed by atoms with E-state index in [9.17, 15) is 14.4 Å². The lowest BCUT2D eigenvalue weighted by Crippen LogP contribution is -2.40. The molecule has 1 amide bonds. The first-order valence-corrected chi connectivity index (χ1v) is 6.29. The maximum Gasteiger partial charge on any atom is 0.317 e. The SMILES string of the molecule is C#CCN(CC(=O)O)CC(=O)NCCCC(=O)OCC. The highest BCUT2D eigenvalue weighted by Crippen LogP contribution is 1.92. The second kappa shape index (κ2) is 10.8. The molecule has 0 aliphatic carbocycles. The summed E-state index contributed by atoms with van der Waals surface area (Å²) in [6.45, 7) is 2.09. The molecule has 0 saturated heterocycles. The van der Waals surface area contributed by atoms with E-state index in [2.05, 4.69) is 11.2 Å². The van der Waals surface area contributed by atoms with E-state index in [4.69, 9.17) is 16.3 Å². The smallest absolute Gasteiger partial charge is 0.317 e. The summed E-state index contributed by atoms with van der Waals surface area (Å²) < 4.78 is 4.74. The van der Waals surface area contributed by atoms with Crippen LogP contribution in [0.15, 0.2) is 0 Å². The van der Waals surface area contributed by atoms with Gasteiger partial charge in [0.1, 0.15) is 0 Å². The third-order valence-electron chi connectivity index (χ3n) is 2.23. The largest absolute Gasteiger partial charge is 0.480 e. The van der Waals surface area contributed by atoms with E-state index in [-0.39, 0.29) is 37.9 Å². The van der Waals surface area contributed by atoms with Crippen LogP contribution in [0.25, 0.3) is 0 Å². The second-order valence-electron chi connectivity index (χ2n) is 4.00. The molecule has 0 aromatic heterocycles. The van der Waals surface area contributed by atoms with Gasteiger partial charge in [-0.05, 0) is 13.3 Å². The van der Waals surface area contributed by atoms with Crippen LogP contribution >= 0.6 is 0 Å². The van der Waals surface area contributed by atoms with E-state index in [1.54, 1.807) is 6.92 Å². The van der Waals surface area contributed by atoms with Crippen LogP contribution in [0.2, 0.25) is 0 Å². The quantitative estimate of drug-likeness (QED) is 0.318. The van der Waals surface area contributed by atoms with Gasteiger partial charge in [-0.25, -0.2) is 0 Å². The van der Waals surface area contributed by atoms with E-state index >= 15 is 0 Å². The van der Waals surface area contributed by atoms with Gasteiger partial charge in [-0.1, -0.05) is 5.92 Å². The summed E-state index contributed by atoms with van der Waals surface area (Å²) in [6, 6.07) is 0. The molecule has 0 atom stereocenters. The van der Waals surface area contributed by atoms with Crippen LogP contribution in [0.3, 0.4) is 0 Å². The molecule has 0 heterocycles. The third-order valence-corrected chi connectivity index (χ3v) is 2.23. The lowest BCUT2D eigenvalue weighted by molar-refractivity contribution is -0.143. The zero-order chi connectivity index (χ0) is 15.4. The first-order chi connectivity index (χ1) is 9.49. The molecule has 0 aromatic carbocycles. The number of esters is 1. The van der Waals surface area contributed by atoms with Crippen LogP contribution in [0.5, 0.6) is 0 Å². The minimum Gasteiger partial charge on any atom is -0.480 e. The maximum absolute atomic E-state index is 11.5. The average molecular weight is 284 g/mol. The minimum absolute atomic E-state index is 0.0859. The lowest BCUT2D eigenvalue weighted by atomic mass is 10.3. The predicted octanol–water partition coefficient (Wildman–Crippen LogP) is -0.534. The van der Waals surface area contributed by atoms with Crippen molar-refractivity contribution < 1.29 is 24.2 Å². The van der Waals surface area contributed by atoms with Crippen molar-refractivity contribution in [3.8, 4) is 12.3 Å². The molecule has 0 bridgehead atoms. The van der Waals surface area contributed by atoms with Crippen LogP contribution in [0.4, 0.5) is 0 Å². The van der Waals surface area contributed by atoms with Crippen molar-refractivity contribution in [1.29, 1.82) is 0 Å². The molecule has 0 radical (unpaired) electrons. The van der Waals surface area contributed by atoms with Gasteiger partial charge in [0.05, 0.1) is 26.2 Å². The molecule has 0 aliphatic heterocycles. The lowest BCUT2D eigenvalue weighted by Gasteiger charge is -2.16. The number of nitrogens with one attached hydrogen (secondary N) is 1. The topological polar surface area (TPSA) is 95.9 Å². The molecule has 112 valence electrons. The number of carbonyl (C=O) groups excluding carboxylic acids is 2. The third kappa shape index (κ3) is 9.91. The van der Waals surface area contributed by atoms with Crippen LogP contribution < -0.4 is 5.32 Å². The number of ether oxygens (including phenoxy) is 1. The van der Waals surface area contributed by atoms with Gasteiger partial charge in [0.2, 0.25) is 5.91 Å². The zero-order valence-electron chi connectivity index (χ0n) is 11.6. The number of carboxylic acids is 1. The highest BCUT2D eigenvalue weighted by Gasteiger charge is 2.12. The van der Waals surface area contributed by atoms with Gasteiger partial charge in [-0.2, -0.15) is 0 Å². The van der Waals surface area contributed by atoms with Gasteiger partial charge in [0.25, 0.3) is 0 Å². The maximum atomic E-state index is 11.5. The van der Waals surface area contributed by atoms with E-state index in [1.807, 2.05) is 0 Å². The van der Waals surface area contributed by atoms with Gasteiger partial charge in [0.15, 0.2) is 0 Å². The summed E-state index contributed by atoms with van der Waals surface area (Å²) >= 11 is 0. The Kier molecular flexibility index (Phi) is 9.70. The van der Waals surface area contributed by atoms with E-state index in [0.29, 0.717) is 19.6 Å². The van der Waals surface area contributed by atoms with Crippen LogP contribution in [-0.4, -0.2) is 60.6 Å². The number of rotatable bonds is 10. The second-order valence-corrected chi connectivity index (χ2v) is 4.00. The average Bonchev–Trinajstić information content (AvgIpc) is 2.34. The van der Waals surface area contributed by atoms with Crippen molar-refractivity contribution in [3.63, 3.8) is 0 Å². The molecule has 7 heteroatoms. The summed E-state index contributed by atoms with van der Waals surface area (Å²) in [6.07, 6.45) is 5.80. The summed E-state index contributed by atoms with van der Waals surface area (Å²) in [5.74, 6) is 0.618. The Morgan fingerprint density at radius 3 is 2.60 bits per heavy atom. The molecule has 0 fully saturated rings. The van der Waals surface area contributed by atoms with Gasteiger partial charge in [-0.3, -0.25) is 19.3 Å². The Balaban J connectivity index is 3.88. The van der Waals surface area contributed by atoms with Crippen molar-refractivity contribution in [2.45, 2.75) is 19.8 Å². The van der Waals surface area contributed by atoms with Crippen molar-refractivity contribution >= 4 is 17.8 Å². The van der Waals surface area contributed by atoms with Gasteiger partial charge < -0.3 is 15.2 Å². The summed E-state index contributed by atoms with van der Waals surface area (Å²) in [7, 11) is 0. The first kappa shape index (κ1) is 17.9. The van der Waals surface area contributed by atoms with Gasteiger partial charge in [-0.15, -0.1) is 6.42 Å². The Hall–Kier alpha value is -2.07. The van der Waals surface area contributed by atoms with Crippen molar-refractivity contribution in [2.75, 3.05) is 32.8 Å². The molecule has 2 N–H and O–H groups in total. The van der Waals surface area contributed by atoms with Crippen LogP contribution in [-0.2, 0) is 19.1 Å². The fourth-order valence-electron chi connectivity index (χ4n) is 1.44. The summed E-state index contributed by atoms with van der Waals surface area (Å²) in [4.78, 5) is 34.5. The van der Waals surface area contributed by atoms with Crippen molar-refractivity contribution in [1.82, 2.24) is 10.2 Å². The standard InChI is InChI=1S/C13H20N2O5/c1-3-8-15(10-12(17)18)9-11(16)14-7-5-6-13(19)20-4-2/h1H,4-10H2,2H3,(H,14,16)(H,17,18). The first-order valence-electron chi connectivity index (χ1n) is 6.29. The molecule has 0 aromatic rings. The number of aliphatic carboxylic acids is 1. The molecule has 0 saturated carbocycles. The Morgan fingerprint density at radius 1 is 1.35 bits per heavy atom. The van der Waals surface area contributed by atoms with E-state index < -0.39 is 5.97 Å². The number of hydrogen-bond donors (Lipinski definition) is 2. The molecular weight excluding hydrogens is 264 g/mol. The molecule has 7 nitrogen and oxygen atoms in total. The fourth-order valence-corrected chi connectivity index (χ4v) is 1.44. The number of carboxylic acid groups (broad SMARTS) is 1. The number of hydrogen-bond acceptors (Lipinski definition) is 5. The molecular formula is C13H20N2O5. The normalized spacial score (nSPS) is 9.85. The number of terminal acetylenes is 1. The zero-order valence-corrected chi connectivity index (χ0v) is 11.6. The highest BCUT2D eigenvalue weighted by atomic mass is 16.5. The molecule has 0 rings (SSSR count). The monoisotopic (exact) mass is 284 g/mol. The Morgan fingerprint density at radius 2 is 2.05 bits per heavy atom. The van der Waals surface area contributed by atoms with E-state index in [0.717, 1.165) is 0 Å². The number of carbonyl (C=O) groups is 3. The highest BCUT2D eigenvalue weighted by molar-refractivity contribution is 5.79. The Bertz CT molecular complexity index is 375. The minimum atomic E-state index is -1.05. The molecule has 0 unspecified atom stereocenters. The molecule has 0 aliphatic rings. The molecule has 20 heavy (non-hydrogen) atoms.